The second-order valence-corrected chi connectivity index (χ2v) is 4.20. The summed E-state index contributed by atoms with van der Waals surface area (Å²) in [6.45, 7) is 9.74. The van der Waals surface area contributed by atoms with Crippen molar-refractivity contribution in [1.29, 1.82) is 0 Å². The van der Waals surface area contributed by atoms with Crippen LogP contribution >= 0.6 is 0 Å². The standard InChI is InChI=1S/2C6H12O/c1-5(2)4-6(3)7;1-3-4-6(2)5-7/h5H,4H2,1-3H3;5-6H,3-4H2,1-2H3. The molecule has 0 N–H and O–H groups in total. The zero-order valence-electron chi connectivity index (χ0n) is 10.2. The van der Waals surface area contributed by atoms with Crippen LogP contribution < -0.4 is 0 Å². The van der Waals surface area contributed by atoms with Gasteiger partial charge >= 0.3 is 0 Å². The molecule has 0 saturated heterocycles. The minimum absolute atomic E-state index is 0.269. The Balaban J connectivity index is 0. The Bertz CT molecular complexity index is 150. The average molecular weight is 200 g/mol. The molecule has 0 aromatic rings. The van der Waals surface area contributed by atoms with Gasteiger partial charge in [0.1, 0.15) is 12.1 Å². The Morgan fingerprint density at radius 3 is 1.86 bits per heavy atom. The summed E-state index contributed by atoms with van der Waals surface area (Å²) in [7, 11) is 0. The van der Waals surface area contributed by atoms with E-state index in [2.05, 4.69) is 6.92 Å². The molecule has 0 aliphatic carbocycles. The molecule has 0 aliphatic heterocycles. The second-order valence-electron chi connectivity index (χ2n) is 4.20. The predicted molar refractivity (Wildman–Crippen MR) is 60.3 cm³/mol. The van der Waals surface area contributed by atoms with Crippen molar-refractivity contribution < 1.29 is 9.59 Å². The molecule has 84 valence electrons. The Labute approximate surface area is 88.1 Å². The van der Waals surface area contributed by atoms with Crippen LogP contribution in [0.1, 0.15) is 53.9 Å². The SMILES string of the molecule is CC(=O)CC(C)C.CCCC(C)C=O. The molecule has 0 amide bonds. The molecule has 0 aromatic heterocycles. The van der Waals surface area contributed by atoms with Crippen molar-refractivity contribution in [3.05, 3.63) is 0 Å². The quantitative estimate of drug-likeness (QED) is 0.638. The van der Waals surface area contributed by atoms with E-state index >= 15 is 0 Å². The van der Waals surface area contributed by atoms with Crippen molar-refractivity contribution in [1.82, 2.24) is 0 Å². The number of aldehydes is 1. The fourth-order valence-electron chi connectivity index (χ4n) is 1.10. The number of carbonyl (C=O) groups is 2. The fourth-order valence-corrected chi connectivity index (χ4v) is 1.10. The minimum Gasteiger partial charge on any atom is -0.303 e. The van der Waals surface area contributed by atoms with E-state index in [4.69, 9.17) is 0 Å². The molecule has 0 heterocycles. The van der Waals surface area contributed by atoms with Crippen molar-refractivity contribution >= 4 is 12.1 Å². The molecule has 2 heteroatoms. The van der Waals surface area contributed by atoms with Crippen molar-refractivity contribution in [2.24, 2.45) is 11.8 Å². The summed E-state index contributed by atoms with van der Waals surface area (Å²) in [6.07, 6.45) is 3.87. The lowest BCUT2D eigenvalue weighted by atomic mass is 10.1. The first-order valence-electron chi connectivity index (χ1n) is 5.38. The number of rotatable bonds is 5. The molecule has 0 fully saturated rings. The van der Waals surface area contributed by atoms with E-state index in [0.717, 1.165) is 25.5 Å². The zero-order chi connectivity index (χ0) is 11.6. The predicted octanol–water partition coefficient (Wildman–Crippen LogP) is 3.24. The fraction of sp³-hybridized carbons (Fsp3) is 0.833. The highest BCUT2D eigenvalue weighted by atomic mass is 16.1. The molecular formula is C12H24O2. The molecule has 0 aliphatic rings. The molecule has 2 nitrogen and oxygen atoms in total. The molecule has 0 rings (SSSR count). The van der Waals surface area contributed by atoms with Gasteiger partial charge in [-0.3, -0.25) is 0 Å². The van der Waals surface area contributed by atoms with Gasteiger partial charge in [0.2, 0.25) is 0 Å². The Kier molecular flexibility index (Phi) is 11.8. The van der Waals surface area contributed by atoms with E-state index in [1.54, 1.807) is 6.92 Å². The normalized spacial score (nSPS) is 11.6. The molecule has 0 aromatic carbocycles. The smallest absolute Gasteiger partial charge is 0.130 e. The maximum atomic E-state index is 10.3. The summed E-state index contributed by atoms with van der Waals surface area (Å²) in [4.78, 5) is 20.1. The molecule has 0 saturated carbocycles. The first kappa shape index (κ1) is 15.8. The summed E-state index contributed by atoms with van der Waals surface area (Å²) in [6, 6.07) is 0. The van der Waals surface area contributed by atoms with Crippen molar-refractivity contribution in [3.63, 3.8) is 0 Å². The summed E-state index contributed by atoms with van der Waals surface area (Å²) < 4.78 is 0. The maximum absolute atomic E-state index is 10.3. The number of ketones is 1. The van der Waals surface area contributed by atoms with Crippen LogP contribution in [0, 0.1) is 11.8 Å². The maximum Gasteiger partial charge on any atom is 0.130 e. The van der Waals surface area contributed by atoms with Gasteiger partial charge in [-0.15, -0.1) is 0 Å². The van der Waals surface area contributed by atoms with E-state index in [9.17, 15) is 9.59 Å². The van der Waals surface area contributed by atoms with Gasteiger partial charge in [0.15, 0.2) is 0 Å². The molecular weight excluding hydrogens is 176 g/mol. The van der Waals surface area contributed by atoms with E-state index in [1.807, 2.05) is 20.8 Å². The van der Waals surface area contributed by atoms with Gasteiger partial charge in [-0.2, -0.15) is 0 Å². The topological polar surface area (TPSA) is 34.1 Å². The number of Topliss-reactive ketones (excluding diaryl/α,β-unsaturated/α-hetero) is 1. The monoisotopic (exact) mass is 200 g/mol. The summed E-state index contributed by atoms with van der Waals surface area (Å²) in [5.41, 5.74) is 0. The van der Waals surface area contributed by atoms with Gasteiger partial charge in [0.05, 0.1) is 0 Å². The second kappa shape index (κ2) is 10.4. The summed E-state index contributed by atoms with van der Waals surface area (Å²) >= 11 is 0. The Morgan fingerprint density at radius 1 is 1.29 bits per heavy atom. The highest BCUT2D eigenvalue weighted by Gasteiger charge is 1.95. The summed E-state index contributed by atoms with van der Waals surface area (Å²) in [5, 5.41) is 0. The van der Waals surface area contributed by atoms with Gasteiger partial charge in [0, 0.05) is 12.3 Å². The molecule has 14 heavy (non-hydrogen) atoms. The van der Waals surface area contributed by atoms with Crippen LogP contribution in [0.2, 0.25) is 0 Å². The van der Waals surface area contributed by atoms with Gasteiger partial charge < -0.3 is 9.59 Å². The zero-order valence-corrected chi connectivity index (χ0v) is 10.2. The van der Waals surface area contributed by atoms with Gasteiger partial charge in [-0.05, 0) is 19.3 Å². The van der Waals surface area contributed by atoms with E-state index in [1.165, 1.54) is 0 Å². The third-order valence-electron chi connectivity index (χ3n) is 1.67. The minimum atomic E-state index is 0.269. The first-order valence-corrected chi connectivity index (χ1v) is 5.38. The van der Waals surface area contributed by atoms with Crippen molar-refractivity contribution in [3.8, 4) is 0 Å². The van der Waals surface area contributed by atoms with Crippen LogP contribution in [-0.2, 0) is 9.59 Å². The molecule has 0 bridgehead atoms. The third kappa shape index (κ3) is 17.4. The molecule has 0 radical (unpaired) electrons. The van der Waals surface area contributed by atoms with Crippen LogP contribution in [0.3, 0.4) is 0 Å². The lowest BCUT2D eigenvalue weighted by Gasteiger charge is -1.95. The number of hydrogen-bond donors (Lipinski definition) is 0. The lowest BCUT2D eigenvalue weighted by molar-refractivity contribution is -0.117. The van der Waals surface area contributed by atoms with Gasteiger partial charge in [-0.25, -0.2) is 0 Å². The van der Waals surface area contributed by atoms with Crippen molar-refractivity contribution in [2.45, 2.75) is 53.9 Å². The van der Waals surface area contributed by atoms with Crippen LogP contribution in [0.15, 0.2) is 0 Å². The van der Waals surface area contributed by atoms with Crippen LogP contribution in [-0.4, -0.2) is 12.1 Å². The van der Waals surface area contributed by atoms with E-state index < -0.39 is 0 Å². The van der Waals surface area contributed by atoms with E-state index in [0.29, 0.717) is 5.92 Å². The highest BCUT2D eigenvalue weighted by Crippen LogP contribution is 1.99. The first-order chi connectivity index (χ1) is 6.43. The number of hydrogen-bond acceptors (Lipinski definition) is 2. The Morgan fingerprint density at radius 2 is 1.79 bits per heavy atom. The molecule has 0 spiro atoms. The third-order valence-corrected chi connectivity index (χ3v) is 1.67. The molecule has 1 atom stereocenters. The largest absolute Gasteiger partial charge is 0.303 e. The van der Waals surface area contributed by atoms with Crippen molar-refractivity contribution in [2.75, 3.05) is 0 Å². The van der Waals surface area contributed by atoms with Crippen LogP contribution in [0.4, 0.5) is 0 Å². The average Bonchev–Trinajstić information content (AvgIpc) is 2.03. The van der Waals surface area contributed by atoms with Crippen LogP contribution in [0.5, 0.6) is 0 Å². The summed E-state index contributed by atoms with van der Waals surface area (Å²) in [5.74, 6) is 1.08. The number of carbonyl (C=O) groups excluding carboxylic acids is 2. The van der Waals surface area contributed by atoms with Gasteiger partial charge in [0.25, 0.3) is 0 Å². The highest BCUT2D eigenvalue weighted by molar-refractivity contribution is 5.75. The van der Waals surface area contributed by atoms with E-state index in [-0.39, 0.29) is 11.7 Å². The molecule has 1 unspecified atom stereocenters. The lowest BCUT2D eigenvalue weighted by Crippen LogP contribution is -1.95. The van der Waals surface area contributed by atoms with Crippen LogP contribution in [0.25, 0.3) is 0 Å². The Hall–Kier alpha value is -0.660. The van der Waals surface area contributed by atoms with Gasteiger partial charge in [-0.1, -0.05) is 34.1 Å².